The summed E-state index contributed by atoms with van der Waals surface area (Å²) >= 11 is 5.90. The number of rotatable bonds is 5. The predicted molar refractivity (Wildman–Crippen MR) is 81.5 cm³/mol. The van der Waals surface area contributed by atoms with Crippen LogP contribution < -0.4 is 15.2 Å². The van der Waals surface area contributed by atoms with E-state index in [4.69, 9.17) is 37.3 Å². The Hall–Kier alpha value is -2.24. The van der Waals surface area contributed by atoms with E-state index >= 15 is 0 Å². The predicted octanol–water partition coefficient (Wildman–Crippen LogP) is 2.92. The SMILES string of the molecule is COc1cc(CO)ccc1Oc1ccc(Cl)cc1C(=N)N. The Bertz CT molecular complexity index is 674. The van der Waals surface area contributed by atoms with Crippen LogP contribution in [0, 0.1) is 5.41 Å². The van der Waals surface area contributed by atoms with Crippen LogP contribution in [0.5, 0.6) is 17.2 Å². The molecule has 110 valence electrons. The van der Waals surface area contributed by atoms with Crippen LogP contribution in [0.4, 0.5) is 0 Å². The monoisotopic (exact) mass is 306 g/mol. The van der Waals surface area contributed by atoms with Gasteiger partial charge in [-0.2, -0.15) is 0 Å². The molecular formula is C15H15ClN2O3. The molecular weight excluding hydrogens is 292 g/mol. The van der Waals surface area contributed by atoms with Crippen LogP contribution in [0.15, 0.2) is 36.4 Å². The normalized spacial score (nSPS) is 10.2. The van der Waals surface area contributed by atoms with Gasteiger partial charge in [0.1, 0.15) is 11.6 Å². The minimum atomic E-state index is -0.140. The van der Waals surface area contributed by atoms with E-state index in [1.807, 2.05) is 0 Å². The number of amidine groups is 1. The molecule has 0 aliphatic rings. The van der Waals surface area contributed by atoms with Gasteiger partial charge in [0.05, 0.1) is 19.3 Å². The highest BCUT2D eigenvalue weighted by atomic mass is 35.5. The number of ether oxygens (including phenoxy) is 2. The van der Waals surface area contributed by atoms with Crippen molar-refractivity contribution in [2.75, 3.05) is 7.11 Å². The average Bonchev–Trinajstić information content (AvgIpc) is 2.49. The molecule has 0 amide bonds. The van der Waals surface area contributed by atoms with Gasteiger partial charge in [-0.25, -0.2) is 0 Å². The number of benzene rings is 2. The Kier molecular flexibility index (Phi) is 4.67. The Morgan fingerprint density at radius 2 is 1.90 bits per heavy atom. The van der Waals surface area contributed by atoms with Gasteiger partial charge >= 0.3 is 0 Å². The Labute approximate surface area is 127 Å². The standard InChI is InChI=1S/C15H15ClN2O3/c1-20-14-6-9(8-19)2-4-13(14)21-12-5-3-10(16)7-11(12)15(17)18/h2-7,19H,8H2,1H3,(H3,17,18). The molecule has 0 aliphatic carbocycles. The molecule has 2 aromatic carbocycles. The summed E-state index contributed by atoms with van der Waals surface area (Å²) in [6, 6.07) is 9.94. The van der Waals surface area contributed by atoms with Crippen LogP contribution in [0.1, 0.15) is 11.1 Å². The van der Waals surface area contributed by atoms with Gasteiger partial charge in [-0.15, -0.1) is 0 Å². The second kappa shape index (κ2) is 6.47. The van der Waals surface area contributed by atoms with E-state index in [0.29, 0.717) is 33.4 Å². The first-order valence-electron chi connectivity index (χ1n) is 6.14. The molecule has 0 aliphatic heterocycles. The van der Waals surface area contributed by atoms with Crippen LogP contribution in [-0.4, -0.2) is 18.1 Å². The number of nitrogens with two attached hydrogens (primary N) is 1. The molecule has 0 aromatic heterocycles. The fourth-order valence-electron chi connectivity index (χ4n) is 1.81. The van der Waals surface area contributed by atoms with E-state index < -0.39 is 0 Å². The van der Waals surface area contributed by atoms with E-state index in [9.17, 15) is 0 Å². The summed E-state index contributed by atoms with van der Waals surface area (Å²) in [6.45, 7) is -0.0870. The van der Waals surface area contributed by atoms with Crippen LogP contribution in [0.3, 0.4) is 0 Å². The zero-order chi connectivity index (χ0) is 15.4. The summed E-state index contributed by atoms with van der Waals surface area (Å²) in [6.07, 6.45) is 0. The molecule has 5 nitrogen and oxygen atoms in total. The number of nitrogen functional groups attached to an aromatic ring is 1. The van der Waals surface area contributed by atoms with Crippen molar-refractivity contribution in [3.05, 3.63) is 52.5 Å². The molecule has 0 saturated carbocycles. The maximum absolute atomic E-state index is 9.13. The fourth-order valence-corrected chi connectivity index (χ4v) is 1.99. The first kappa shape index (κ1) is 15.2. The second-order valence-electron chi connectivity index (χ2n) is 4.30. The van der Waals surface area contributed by atoms with Gasteiger partial charge < -0.3 is 20.3 Å². The van der Waals surface area contributed by atoms with E-state index in [-0.39, 0.29) is 12.4 Å². The van der Waals surface area contributed by atoms with E-state index in [2.05, 4.69) is 0 Å². The summed E-state index contributed by atoms with van der Waals surface area (Å²) in [5.41, 5.74) is 6.64. The highest BCUT2D eigenvalue weighted by Gasteiger charge is 2.12. The molecule has 0 unspecified atom stereocenters. The van der Waals surface area contributed by atoms with Crippen molar-refractivity contribution in [3.8, 4) is 17.2 Å². The van der Waals surface area contributed by atoms with Crippen molar-refractivity contribution >= 4 is 17.4 Å². The molecule has 2 rings (SSSR count). The molecule has 0 atom stereocenters. The Morgan fingerprint density at radius 1 is 1.19 bits per heavy atom. The highest BCUT2D eigenvalue weighted by Crippen LogP contribution is 2.34. The minimum absolute atomic E-state index is 0.0870. The molecule has 2 aromatic rings. The van der Waals surface area contributed by atoms with Crippen LogP contribution in [0.2, 0.25) is 5.02 Å². The number of hydrogen-bond donors (Lipinski definition) is 3. The Balaban J connectivity index is 2.40. The zero-order valence-electron chi connectivity index (χ0n) is 11.4. The van der Waals surface area contributed by atoms with Crippen LogP contribution >= 0.6 is 11.6 Å². The minimum Gasteiger partial charge on any atom is -0.493 e. The van der Waals surface area contributed by atoms with Crippen molar-refractivity contribution in [1.82, 2.24) is 0 Å². The largest absolute Gasteiger partial charge is 0.493 e. The number of hydrogen-bond acceptors (Lipinski definition) is 4. The van der Waals surface area contributed by atoms with Crippen molar-refractivity contribution in [2.24, 2.45) is 5.73 Å². The lowest BCUT2D eigenvalue weighted by Crippen LogP contribution is -2.12. The summed E-state index contributed by atoms with van der Waals surface area (Å²) in [7, 11) is 1.51. The highest BCUT2D eigenvalue weighted by molar-refractivity contribution is 6.31. The lowest BCUT2D eigenvalue weighted by Gasteiger charge is -2.14. The third kappa shape index (κ3) is 3.45. The van der Waals surface area contributed by atoms with Gasteiger partial charge in [0, 0.05) is 5.02 Å². The van der Waals surface area contributed by atoms with Gasteiger partial charge in [0.25, 0.3) is 0 Å². The van der Waals surface area contributed by atoms with Gasteiger partial charge in [0.15, 0.2) is 11.5 Å². The number of nitrogens with one attached hydrogen (secondary N) is 1. The lowest BCUT2D eigenvalue weighted by atomic mass is 10.1. The summed E-state index contributed by atoms with van der Waals surface area (Å²) in [5, 5.41) is 17.2. The van der Waals surface area contributed by atoms with Gasteiger partial charge in [0.2, 0.25) is 0 Å². The van der Waals surface area contributed by atoms with Crippen molar-refractivity contribution in [3.63, 3.8) is 0 Å². The molecule has 0 saturated heterocycles. The summed E-state index contributed by atoms with van der Waals surface area (Å²) < 4.78 is 11.0. The lowest BCUT2D eigenvalue weighted by molar-refractivity contribution is 0.280. The molecule has 0 radical (unpaired) electrons. The maximum Gasteiger partial charge on any atom is 0.169 e. The number of aliphatic hydroxyl groups excluding tert-OH is 1. The first-order valence-corrected chi connectivity index (χ1v) is 6.52. The molecule has 21 heavy (non-hydrogen) atoms. The number of aliphatic hydroxyl groups is 1. The van der Waals surface area contributed by atoms with E-state index in [1.54, 1.807) is 36.4 Å². The van der Waals surface area contributed by atoms with Gasteiger partial charge in [-0.3, -0.25) is 5.41 Å². The van der Waals surface area contributed by atoms with E-state index in [1.165, 1.54) is 7.11 Å². The zero-order valence-corrected chi connectivity index (χ0v) is 12.1. The topological polar surface area (TPSA) is 88.6 Å². The third-order valence-electron chi connectivity index (χ3n) is 2.86. The Morgan fingerprint density at radius 3 is 2.52 bits per heavy atom. The number of halogens is 1. The molecule has 0 heterocycles. The summed E-state index contributed by atoms with van der Waals surface area (Å²) in [5.74, 6) is 1.20. The molecule has 0 bridgehead atoms. The molecule has 0 spiro atoms. The third-order valence-corrected chi connectivity index (χ3v) is 3.10. The van der Waals surface area contributed by atoms with Gasteiger partial charge in [-0.1, -0.05) is 17.7 Å². The average molecular weight is 307 g/mol. The van der Waals surface area contributed by atoms with E-state index in [0.717, 1.165) is 0 Å². The maximum atomic E-state index is 9.13. The molecule has 4 N–H and O–H groups in total. The molecule has 6 heteroatoms. The first-order chi connectivity index (χ1) is 10.0. The van der Waals surface area contributed by atoms with Crippen molar-refractivity contribution in [1.29, 1.82) is 5.41 Å². The van der Waals surface area contributed by atoms with Crippen molar-refractivity contribution < 1.29 is 14.6 Å². The fraction of sp³-hybridized carbons (Fsp3) is 0.133. The quantitative estimate of drug-likeness (QED) is 0.585. The van der Waals surface area contributed by atoms with Crippen molar-refractivity contribution in [2.45, 2.75) is 6.61 Å². The number of methoxy groups -OCH3 is 1. The van der Waals surface area contributed by atoms with Gasteiger partial charge in [-0.05, 0) is 35.9 Å². The van der Waals surface area contributed by atoms with Crippen LogP contribution in [-0.2, 0) is 6.61 Å². The second-order valence-corrected chi connectivity index (χ2v) is 4.74. The molecule has 0 fully saturated rings. The summed E-state index contributed by atoms with van der Waals surface area (Å²) in [4.78, 5) is 0. The van der Waals surface area contributed by atoms with Crippen LogP contribution in [0.25, 0.3) is 0 Å². The smallest absolute Gasteiger partial charge is 0.169 e.